The molecule has 1 atom stereocenters. The van der Waals surface area contributed by atoms with Crippen LogP contribution in [0.15, 0.2) is 48.5 Å². The van der Waals surface area contributed by atoms with Gasteiger partial charge in [-0.2, -0.15) is 0 Å². The molecule has 0 bridgehead atoms. The van der Waals surface area contributed by atoms with Crippen molar-refractivity contribution in [3.63, 3.8) is 0 Å². The summed E-state index contributed by atoms with van der Waals surface area (Å²) in [5, 5.41) is 23.6. The number of halogens is 1. The molecule has 3 aromatic rings. The number of carboxylic acid groups (broad SMARTS) is 1. The molecule has 0 saturated carbocycles. The summed E-state index contributed by atoms with van der Waals surface area (Å²) in [6, 6.07) is 15.3. The summed E-state index contributed by atoms with van der Waals surface area (Å²) in [7, 11) is 2.04. The van der Waals surface area contributed by atoms with Crippen molar-refractivity contribution in [3.05, 3.63) is 70.2 Å². The third-order valence-electron chi connectivity index (χ3n) is 6.73. The molecule has 1 aliphatic heterocycles. The van der Waals surface area contributed by atoms with E-state index in [9.17, 15) is 15.0 Å². The Bertz CT molecular complexity index is 1370. The minimum atomic E-state index is -1.16. The SMILES string of the molecule is Cc1cc2ccc(C#CC3(O)CCN(C)CC3)cc2c(-c2ccc(Cl)cc2)c1C(OC(C)(C)C)C(=O)O. The summed E-state index contributed by atoms with van der Waals surface area (Å²) >= 11 is 6.19. The average molecular weight is 520 g/mol. The molecule has 0 amide bonds. The average Bonchev–Trinajstić information content (AvgIpc) is 2.83. The quantitative estimate of drug-likeness (QED) is 0.400. The van der Waals surface area contributed by atoms with Gasteiger partial charge < -0.3 is 19.8 Å². The monoisotopic (exact) mass is 519 g/mol. The summed E-state index contributed by atoms with van der Waals surface area (Å²) in [5.74, 6) is 5.25. The number of carboxylic acids is 1. The van der Waals surface area contributed by atoms with E-state index in [2.05, 4.69) is 16.7 Å². The van der Waals surface area contributed by atoms with Crippen LogP contribution in [0.1, 0.15) is 56.4 Å². The number of aryl methyl sites for hydroxylation is 1. The molecule has 0 aliphatic carbocycles. The second-order valence-electron chi connectivity index (χ2n) is 11.0. The number of rotatable bonds is 4. The Labute approximate surface area is 224 Å². The van der Waals surface area contributed by atoms with E-state index < -0.39 is 23.3 Å². The van der Waals surface area contributed by atoms with E-state index in [1.54, 1.807) is 12.1 Å². The topological polar surface area (TPSA) is 70.0 Å². The number of hydrogen-bond donors (Lipinski definition) is 2. The maximum atomic E-state index is 12.5. The third kappa shape index (κ3) is 6.34. The Balaban J connectivity index is 1.93. The van der Waals surface area contributed by atoms with Crippen molar-refractivity contribution in [3.8, 4) is 23.0 Å². The highest BCUT2D eigenvalue weighted by Gasteiger charge is 2.32. The minimum Gasteiger partial charge on any atom is -0.479 e. The number of hydrogen-bond acceptors (Lipinski definition) is 4. The maximum Gasteiger partial charge on any atom is 0.337 e. The molecular weight excluding hydrogens is 486 g/mol. The molecule has 37 heavy (non-hydrogen) atoms. The number of benzene rings is 3. The molecule has 0 spiro atoms. The van der Waals surface area contributed by atoms with Gasteiger partial charge in [-0.1, -0.05) is 47.7 Å². The zero-order chi connectivity index (χ0) is 27.0. The number of aliphatic hydroxyl groups is 1. The van der Waals surface area contributed by atoms with Gasteiger partial charge in [-0.05, 0) is 86.5 Å². The second-order valence-corrected chi connectivity index (χ2v) is 11.4. The van der Waals surface area contributed by atoms with Crippen LogP contribution >= 0.6 is 11.6 Å². The first-order chi connectivity index (χ1) is 17.3. The van der Waals surface area contributed by atoms with Crippen molar-refractivity contribution in [2.24, 2.45) is 0 Å². The lowest BCUT2D eigenvalue weighted by atomic mass is 9.86. The normalized spacial score (nSPS) is 16.7. The van der Waals surface area contributed by atoms with E-state index in [-0.39, 0.29) is 0 Å². The first-order valence-corrected chi connectivity index (χ1v) is 12.9. The molecule has 3 aromatic carbocycles. The van der Waals surface area contributed by atoms with Crippen LogP contribution in [0.25, 0.3) is 21.9 Å². The van der Waals surface area contributed by atoms with Gasteiger partial charge in [0.25, 0.3) is 0 Å². The highest BCUT2D eigenvalue weighted by Crippen LogP contribution is 2.41. The van der Waals surface area contributed by atoms with Crippen LogP contribution in [-0.2, 0) is 9.53 Å². The van der Waals surface area contributed by atoms with Crippen LogP contribution in [0.5, 0.6) is 0 Å². The van der Waals surface area contributed by atoms with Gasteiger partial charge >= 0.3 is 5.97 Å². The van der Waals surface area contributed by atoms with Crippen LogP contribution in [-0.4, -0.2) is 52.4 Å². The Morgan fingerprint density at radius 1 is 1.11 bits per heavy atom. The summed E-state index contributed by atoms with van der Waals surface area (Å²) in [6.07, 6.45) is 0.0478. The van der Waals surface area contributed by atoms with Crippen LogP contribution < -0.4 is 0 Å². The Kier molecular flexibility index (Phi) is 7.69. The highest BCUT2D eigenvalue weighted by atomic mass is 35.5. The van der Waals surface area contributed by atoms with Crippen molar-refractivity contribution in [2.45, 2.75) is 57.8 Å². The molecule has 194 valence electrons. The van der Waals surface area contributed by atoms with Gasteiger partial charge in [-0.3, -0.25) is 0 Å². The Morgan fingerprint density at radius 2 is 1.76 bits per heavy atom. The number of fused-ring (bicyclic) bond motifs is 1. The molecular formula is C31H34ClNO4. The van der Waals surface area contributed by atoms with Crippen LogP contribution in [0, 0.1) is 18.8 Å². The van der Waals surface area contributed by atoms with Crippen molar-refractivity contribution in [2.75, 3.05) is 20.1 Å². The number of ether oxygens (including phenoxy) is 1. The number of piperidine rings is 1. The molecule has 0 radical (unpaired) electrons. The Morgan fingerprint density at radius 3 is 2.35 bits per heavy atom. The third-order valence-corrected chi connectivity index (χ3v) is 6.99. The lowest BCUT2D eigenvalue weighted by Crippen LogP contribution is -2.41. The van der Waals surface area contributed by atoms with Crippen LogP contribution in [0.4, 0.5) is 0 Å². The van der Waals surface area contributed by atoms with Crippen molar-refractivity contribution in [1.29, 1.82) is 0 Å². The minimum absolute atomic E-state index is 0.598. The van der Waals surface area contributed by atoms with Gasteiger partial charge in [0.05, 0.1) is 5.60 Å². The molecule has 5 nitrogen and oxygen atoms in total. The van der Waals surface area contributed by atoms with Gasteiger partial charge in [0.15, 0.2) is 6.10 Å². The molecule has 0 aromatic heterocycles. The molecule has 1 unspecified atom stereocenters. The van der Waals surface area contributed by atoms with E-state index in [1.807, 2.05) is 71.1 Å². The Hall–Kier alpha value is -2.88. The fourth-order valence-electron chi connectivity index (χ4n) is 4.78. The number of carbonyl (C=O) groups is 1. The van der Waals surface area contributed by atoms with E-state index in [4.69, 9.17) is 16.3 Å². The lowest BCUT2D eigenvalue weighted by Gasteiger charge is -2.32. The van der Waals surface area contributed by atoms with E-state index in [0.29, 0.717) is 23.4 Å². The standard InChI is InChI=1S/C31H34ClNO4/c1-20-18-23-7-6-21(12-13-31(36)14-16-33(5)17-15-31)19-25(23)27(22-8-10-24(32)11-9-22)26(20)28(29(34)35)37-30(2,3)4/h6-11,18-19,28,36H,14-17H2,1-5H3,(H,34,35). The van der Waals surface area contributed by atoms with Crippen molar-refractivity contribution in [1.82, 2.24) is 4.90 Å². The molecule has 4 rings (SSSR count). The zero-order valence-electron chi connectivity index (χ0n) is 22.1. The summed E-state index contributed by atoms with van der Waals surface area (Å²) in [5.41, 5.74) is 2.14. The summed E-state index contributed by atoms with van der Waals surface area (Å²) < 4.78 is 6.09. The summed E-state index contributed by atoms with van der Waals surface area (Å²) in [6.45, 7) is 9.07. The predicted octanol–water partition coefficient (Wildman–Crippen LogP) is 6.22. The predicted molar refractivity (Wildman–Crippen MR) is 149 cm³/mol. The van der Waals surface area contributed by atoms with E-state index >= 15 is 0 Å². The fourth-order valence-corrected chi connectivity index (χ4v) is 4.91. The van der Waals surface area contributed by atoms with Crippen molar-refractivity contribution < 1.29 is 19.7 Å². The molecule has 1 heterocycles. The molecule has 1 fully saturated rings. The highest BCUT2D eigenvalue weighted by molar-refractivity contribution is 6.30. The smallest absolute Gasteiger partial charge is 0.337 e. The van der Waals surface area contributed by atoms with Gasteiger partial charge in [0, 0.05) is 42.1 Å². The zero-order valence-corrected chi connectivity index (χ0v) is 22.8. The molecule has 6 heteroatoms. The first-order valence-electron chi connectivity index (χ1n) is 12.5. The van der Waals surface area contributed by atoms with Crippen LogP contribution in [0.3, 0.4) is 0 Å². The second kappa shape index (κ2) is 10.5. The fraction of sp³-hybridized carbons (Fsp3) is 0.387. The first kappa shape index (κ1) is 27.2. The molecule has 2 N–H and O–H groups in total. The number of likely N-dealkylation sites (tertiary alicyclic amines) is 1. The largest absolute Gasteiger partial charge is 0.479 e. The maximum absolute atomic E-state index is 12.5. The number of aliphatic carboxylic acids is 1. The van der Waals surface area contributed by atoms with E-state index in [0.717, 1.165) is 46.1 Å². The van der Waals surface area contributed by atoms with Gasteiger partial charge in [0.2, 0.25) is 0 Å². The molecule has 1 aliphatic rings. The van der Waals surface area contributed by atoms with E-state index in [1.165, 1.54) is 0 Å². The van der Waals surface area contributed by atoms with Gasteiger partial charge in [0.1, 0.15) is 5.60 Å². The number of nitrogens with zero attached hydrogens (tertiary/aromatic N) is 1. The van der Waals surface area contributed by atoms with Gasteiger partial charge in [-0.15, -0.1) is 0 Å². The molecule has 1 saturated heterocycles. The lowest BCUT2D eigenvalue weighted by molar-refractivity contribution is -0.160. The van der Waals surface area contributed by atoms with Gasteiger partial charge in [-0.25, -0.2) is 4.79 Å². The van der Waals surface area contributed by atoms with Crippen LogP contribution in [0.2, 0.25) is 5.02 Å². The van der Waals surface area contributed by atoms with Crippen molar-refractivity contribution >= 4 is 28.3 Å². The summed E-state index contributed by atoms with van der Waals surface area (Å²) in [4.78, 5) is 14.7.